The number of rotatable bonds is 8. The molecule has 6 N–H and O–H groups in total. The second-order valence-electron chi connectivity index (χ2n) is 7.46. The van der Waals surface area contributed by atoms with Gasteiger partial charge in [0.1, 0.15) is 48.1 Å². The molecule has 2 saturated heterocycles. The van der Waals surface area contributed by atoms with E-state index in [0.29, 0.717) is 0 Å². The standard InChI is InChI=1S/C18H26O11S2/c19-6-13-14(21)11(20)8-30(13)9-12-17(29-31(24,25)26)15(22)16(23)18(28-12)27-7-10-4-2-1-3-5-10/h1-5,11-23H,6-9H2/p+1/t11-,12-,13-,14+,15-,16-,17+,18-,30?/m1/s1. The highest BCUT2D eigenvalue weighted by Crippen LogP contribution is 2.31. The number of benzene rings is 1. The van der Waals surface area contributed by atoms with Crippen molar-refractivity contribution in [2.45, 2.75) is 54.8 Å². The second kappa shape index (κ2) is 10.4. The van der Waals surface area contributed by atoms with Gasteiger partial charge in [0, 0.05) is 10.9 Å². The van der Waals surface area contributed by atoms with Crippen molar-refractivity contribution in [1.82, 2.24) is 0 Å². The number of aliphatic hydroxyl groups excluding tert-OH is 5. The SMILES string of the molecule is O=S(=O)(O)O[C@@H]1[C@H](O)[C@@H](O)[C@H](OCc2ccccc2)O[C@@H]1C[S+]1C[C@@H](O)[C@H](O)[C@H]1CO. The Morgan fingerprint density at radius 2 is 1.74 bits per heavy atom. The third-order valence-corrected chi connectivity index (χ3v) is 8.55. The molecule has 0 aliphatic carbocycles. The van der Waals surface area contributed by atoms with Crippen LogP contribution < -0.4 is 0 Å². The highest BCUT2D eigenvalue weighted by molar-refractivity contribution is 7.97. The minimum Gasteiger partial charge on any atom is -0.391 e. The van der Waals surface area contributed by atoms with Gasteiger partial charge in [0.2, 0.25) is 0 Å². The molecule has 3 rings (SSSR count). The molecule has 0 aromatic heterocycles. The van der Waals surface area contributed by atoms with Gasteiger partial charge in [0.25, 0.3) is 0 Å². The molecule has 2 heterocycles. The smallest absolute Gasteiger partial charge is 0.391 e. The third-order valence-electron chi connectivity index (χ3n) is 5.28. The molecule has 31 heavy (non-hydrogen) atoms. The predicted octanol–water partition coefficient (Wildman–Crippen LogP) is -2.45. The van der Waals surface area contributed by atoms with Crippen LogP contribution in [0.4, 0.5) is 0 Å². The molecule has 0 radical (unpaired) electrons. The summed E-state index contributed by atoms with van der Waals surface area (Å²) in [6.07, 6.45) is -9.89. The fourth-order valence-corrected chi connectivity index (χ4v) is 6.95. The van der Waals surface area contributed by atoms with Crippen molar-refractivity contribution < 1.29 is 52.2 Å². The summed E-state index contributed by atoms with van der Waals surface area (Å²) in [5, 5.41) is 49.7. The molecule has 9 atom stereocenters. The molecule has 1 aromatic carbocycles. The summed E-state index contributed by atoms with van der Waals surface area (Å²) in [6.45, 7) is -0.384. The minimum atomic E-state index is -5.00. The van der Waals surface area contributed by atoms with E-state index in [1.165, 1.54) is 0 Å². The maximum absolute atomic E-state index is 11.3. The summed E-state index contributed by atoms with van der Waals surface area (Å²) >= 11 is 0. The largest absolute Gasteiger partial charge is 0.397 e. The zero-order valence-corrected chi connectivity index (χ0v) is 18.0. The van der Waals surface area contributed by atoms with Crippen molar-refractivity contribution >= 4 is 21.3 Å². The molecule has 0 spiro atoms. The third kappa shape index (κ3) is 6.15. The number of hydrogen-bond donors (Lipinski definition) is 6. The summed E-state index contributed by atoms with van der Waals surface area (Å²) in [6, 6.07) is 8.95. The Labute approximate surface area is 182 Å². The summed E-state index contributed by atoms with van der Waals surface area (Å²) in [5.41, 5.74) is 0.768. The van der Waals surface area contributed by atoms with E-state index in [9.17, 15) is 34.0 Å². The van der Waals surface area contributed by atoms with Crippen LogP contribution in [0.2, 0.25) is 0 Å². The average molecular weight is 484 g/mol. The summed E-state index contributed by atoms with van der Waals surface area (Å²) in [5.74, 6) is 0.105. The first-order valence-corrected chi connectivity index (χ1v) is 12.6. The van der Waals surface area contributed by atoms with Crippen molar-refractivity contribution in [3.05, 3.63) is 35.9 Å². The Morgan fingerprint density at radius 1 is 1.06 bits per heavy atom. The predicted molar refractivity (Wildman–Crippen MR) is 108 cm³/mol. The lowest BCUT2D eigenvalue weighted by molar-refractivity contribution is -0.291. The fraction of sp³-hybridized carbons (Fsp3) is 0.667. The Morgan fingerprint density at radius 3 is 2.35 bits per heavy atom. The quantitative estimate of drug-likeness (QED) is 0.170. The number of hydrogen-bond acceptors (Lipinski definition) is 10. The maximum Gasteiger partial charge on any atom is 0.397 e. The van der Waals surface area contributed by atoms with Gasteiger partial charge in [-0.2, -0.15) is 8.42 Å². The van der Waals surface area contributed by atoms with E-state index < -0.39 is 76.1 Å². The van der Waals surface area contributed by atoms with Crippen LogP contribution in [0.25, 0.3) is 0 Å². The first-order chi connectivity index (χ1) is 14.6. The van der Waals surface area contributed by atoms with Gasteiger partial charge in [-0.15, -0.1) is 0 Å². The minimum absolute atomic E-state index is 0.0193. The van der Waals surface area contributed by atoms with E-state index >= 15 is 0 Å². The second-order valence-corrected chi connectivity index (χ2v) is 10.9. The van der Waals surface area contributed by atoms with Crippen molar-refractivity contribution in [2.75, 3.05) is 18.1 Å². The van der Waals surface area contributed by atoms with Crippen molar-refractivity contribution in [2.24, 2.45) is 0 Å². The monoisotopic (exact) mass is 483 g/mol. The van der Waals surface area contributed by atoms with E-state index in [0.717, 1.165) is 5.56 Å². The highest BCUT2D eigenvalue weighted by atomic mass is 32.3. The topological polar surface area (TPSA) is 183 Å². The van der Waals surface area contributed by atoms with Gasteiger partial charge >= 0.3 is 10.4 Å². The summed E-state index contributed by atoms with van der Waals surface area (Å²) in [4.78, 5) is 0. The molecule has 11 nitrogen and oxygen atoms in total. The lowest BCUT2D eigenvalue weighted by Gasteiger charge is -2.40. The molecule has 0 bridgehead atoms. The van der Waals surface area contributed by atoms with Crippen LogP contribution in [0.15, 0.2) is 30.3 Å². The lowest BCUT2D eigenvalue weighted by atomic mass is 10.00. The summed E-state index contributed by atoms with van der Waals surface area (Å²) < 4.78 is 47.5. The molecule has 2 aliphatic rings. The van der Waals surface area contributed by atoms with Gasteiger partial charge in [-0.1, -0.05) is 30.3 Å². The first kappa shape index (κ1) is 24.8. The Hall–Kier alpha value is -0.840. The Bertz CT molecular complexity index is 808. The van der Waals surface area contributed by atoms with E-state index in [2.05, 4.69) is 4.18 Å². The zero-order valence-electron chi connectivity index (χ0n) is 16.4. The molecule has 1 unspecified atom stereocenters. The molecule has 1 aromatic rings. The van der Waals surface area contributed by atoms with Gasteiger partial charge < -0.3 is 35.0 Å². The molecular formula is C18H27O11S2+. The lowest BCUT2D eigenvalue weighted by Crippen LogP contribution is -2.61. The molecule has 0 saturated carbocycles. The Balaban J connectivity index is 1.77. The van der Waals surface area contributed by atoms with Gasteiger partial charge in [-0.25, -0.2) is 4.18 Å². The van der Waals surface area contributed by atoms with Gasteiger partial charge in [-0.3, -0.25) is 4.55 Å². The fourth-order valence-electron chi connectivity index (χ4n) is 3.69. The number of ether oxygens (including phenoxy) is 2. The van der Waals surface area contributed by atoms with Crippen molar-refractivity contribution in [1.29, 1.82) is 0 Å². The first-order valence-electron chi connectivity index (χ1n) is 9.57. The molecule has 176 valence electrons. The van der Waals surface area contributed by atoms with Crippen molar-refractivity contribution in [3.8, 4) is 0 Å². The van der Waals surface area contributed by atoms with Crippen LogP contribution in [0.1, 0.15) is 5.56 Å². The number of aliphatic hydroxyl groups is 5. The molecular weight excluding hydrogens is 456 g/mol. The normalized spacial score (nSPS) is 39.0. The van der Waals surface area contributed by atoms with E-state index in [1.807, 2.05) is 6.07 Å². The van der Waals surface area contributed by atoms with Crippen LogP contribution in [-0.2, 0) is 41.6 Å². The average Bonchev–Trinajstić information content (AvgIpc) is 2.99. The van der Waals surface area contributed by atoms with Crippen LogP contribution in [0.5, 0.6) is 0 Å². The van der Waals surface area contributed by atoms with Gasteiger partial charge in [0.15, 0.2) is 11.5 Å². The van der Waals surface area contributed by atoms with Gasteiger partial charge in [0.05, 0.1) is 13.2 Å². The van der Waals surface area contributed by atoms with Gasteiger partial charge in [-0.05, 0) is 5.56 Å². The van der Waals surface area contributed by atoms with E-state index in [-0.39, 0.29) is 18.1 Å². The summed E-state index contributed by atoms with van der Waals surface area (Å²) in [7, 11) is -5.83. The van der Waals surface area contributed by atoms with Crippen LogP contribution in [0, 0.1) is 0 Å². The van der Waals surface area contributed by atoms with Crippen LogP contribution in [-0.4, -0.2) is 105 Å². The Kier molecular flexibility index (Phi) is 8.32. The van der Waals surface area contributed by atoms with Crippen LogP contribution in [0.3, 0.4) is 0 Å². The van der Waals surface area contributed by atoms with Crippen molar-refractivity contribution in [3.63, 3.8) is 0 Å². The highest BCUT2D eigenvalue weighted by Gasteiger charge is 2.55. The molecule has 13 heteroatoms. The maximum atomic E-state index is 11.3. The molecule has 0 amide bonds. The molecule has 2 fully saturated rings. The zero-order chi connectivity index (χ0) is 22.8. The molecule has 2 aliphatic heterocycles. The van der Waals surface area contributed by atoms with E-state index in [1.54, 1.807) is 24.3 Å². The van der Waals surface area contributed by atoms with Crippen LogP contribution >= 0.6 is 0 Å². The van der Waals surface area contributed by atoms with E-state index in [4.69, 9.17) is 14.0 Å².